The second-order valence-corrected chi connectivity index (χ2v) is 4.54. The lowest BCUT2D eigenvalue weighted by Gasteiger charge is -2.22. The number of anilines is 2. The average Bonchev–Trinajstić information content (AvgIpc) is 2.40. The number of hydrogen-bond acceptors (Lipinski definition) is 3. The Labute approximate surface area is 113 Å². The Kier molecular flexibility index (Phi) is 3.95. The van der Waals surface area contributed by atoms with Crippen molar-refractivity contribution in [2.45, 2.75) is 20.8 Å². The fourth-order valence-corrected chi connectivity index (χ4v) is 2.03. The van der Waals surface area contributed by atoms with E-state index >= 15 is 0 Å². The normalized spacial score (nSPS) is 10.3. The van der Waals surface area contributed by atoms with Crippen molar-refractivity contribution in [2.75, 3.05) is 11.4 Å². The molecule has 2 rings (SSSR count). The van der Waals surface area contributed by atoms with E-state index in [0.29, 0.717) is 5.56 Å². The molecule has 0 unspecified atom stereocenters. The fourth-order valence-electron chi connectivity index (χ4n) is 2.03. The van der Waals surface area contributed by atoms with Crippen LogP contribution >= 0.6 is 0 Å². The molecule has 0 bridgehead atoms. The zero-order valence-electron chi connectivity index (χ0n) is 11.6. The number of benzene rings is 1. The first-order valence-electron chi connectivity index (χ1n) is 6.43. The first kappa shape index (κ1) is 13.3. The van der Waals surface area contributed by atoms with Gasteiger partial charge in [-0.2, -0.15) is 0 Å². The van der Waals surface area contributed by atoms with Crippen LogP contribution in [0.2, 0.25) is 0 Å². The highest BCUT2D eigenvalue weighted by Gasteiger charge is 2.09. The van der Waals surface area contributed by atoms with Crippen LogP contribution in [-0.4, -0.2) is 17.3 Å². The molecule has 0 aliphatic heterocycles. The van der Waals surface area contributed by atoms with Crippen LogP contribution in [0.5, 0.6) is 0 Å². The van der Waals surface area contributed by atoms with Crippen molar-refractivity contribution in [3.8, 4) is 0 Å². The van der Waals surface area contributed by atoms with E-state index < -0.39 is 0 Å². The predicted octanol–water partition coefficient (Wildman–Crippen LogP) is 3.75. The molecule has 0 fully saturated rings. The lowest BCUT2D eigenvalue weighted by atomic mass is 10.2. The van der Waals surface area contributed by atoms with Crippen LogP contribution in [0.15, 0.2) is 42.6 Å². The molecule has 0 aliphatic rings. The van der Waals surface area contributed by atoms with Gasteiger partial charge in [-0.25, -0.2) is 4.98 Å². The van der Waals surface area contributed by atoms with E-state index in [9.17, 15) is 4.79 Å². The van der Waals surface area contributed by atoms with Gasteiger partial charge in [0.25, 0.3) is 0 Å². The molecule has 0 aliphatic carbocycles. The smallest absolute Gasteiger partial charge is 0.161 e. The van der Waals surface area contributed by atoms with Gasteiger partial charge in [0.2, 0.25) is 0 Å². The number of carbonyl (C=O) groups excluding carboxylic acids is 1. The van der Waals surface area contributed by atoms with Gasteiger partial charge in [0.15, 0.2) is 5.78 Å². The fraction of sp³-hybridized carbons (Fsp3) is 0.250. The first-order chi connectivity index (χ1) is 9.11. The minimum Gasteiger partial charge on any atom is -0.327 e. The molecule has 19 heavy (non-hydrogen) atoms. The van der Waals surface area contributed by atoms with Crippen LogP contribution in [0.1, 0.15) is 29.8 Å². The molecule has 3 nitrogen and oxygen atoms in total. The first-order valence-corrected chi connectivity index (χ1v) is 6.43. The Bertz CT molecular complexity index is 576. The number of aromatic nitrogens is 1. The van der Waals surface area contributed by atoms with Crippen LogP contribution in [-0.2, 0) is 0 Å². The molecule has 0 N–H and O–H groups in total. The summed E-state index contributed by atoms with van der Waals surface area (Å²) in [7, 11) is 0. The van der Waals surface area contributed by atoms with Crippen molar-refractivity contribution in [3.05, 3.63) is 53.7 Å². The Balaban J connectivity index is 2.34. The van der Waals surface area contributed by atoms with Gasteiger partial charge in [0.1, 0.15) is 5.82 Å². The highest BCUT2D eigenvalue weighted by atomic mass is 16.1. The lowest BCUT2D eigenvalue weighted by molar-refractivity contribution is 0.101. The number of carbonyl (C=O) groups is 1. The Morgan fingerprint density at radius 1 is 1.26 bits per heavy atom. The third-order valence-electron chi connectivity index (χ3n) is 3.06. The number of aryl methyl sites for hydroxylation is 1. The van der Waals surface area contributed by atoms with E-state index in [0.717, 1.165) is 18.1 Å². The molecule has 2 aromatic rings. The summed E-state index contributed by atoms with van der Waals surface area (Å²) < 4.78 is 0. The summed E-state index contributed by atoms with van der Waals surface area (Å²) in [6.07, 6.45) is 1.64. The van der Waals surface area contributed by atoms with E-state index in [1.807, 2.05) is 18.2 Å². The third-order valence-corrected chi connectivity index (χ3v) is 3.06. The van der Waals surface area contributed by atoms with E-state index in [-0.39, 0.29) is 5.78 Å². The molecule has 0 saturated heterocycles. The van der Waals surface area contributed by atoms with E-state index in [2.05, 4.69) is 41.9 Å². The zero-order valence-corrected chi connectivity index (χ0v) is 11.6. The van der Waals surface area contributed by atoms with Crippen molar-refractivity contribution >= 4 is 17.3 Å². The second kappa shape index (κ2) is 5.65. The van der Waals surface area contributed by atoms with Crippen molar-refractivity contribution < 1.29 is 4.79 Å². The van der Waals surface area contributed by atoms with Crippen molar-refractivity contribution in [2.24, 2.45) is 0 Å². The second-order valence-electron chi connectivity index (χ2n) is 4.54. The molecule has 1 aromatic carbocycles. The quantitative estimate of drug-likeness (QED) is 0.779. The Morgan fingerprint density at radius 2 is 2.05 bits per heavy atom. The highest BCUT2D eigenvalue weighted by Crippen LogP contribution is 2.24. The maximum absolute atomic E-state index is 11.3. The number of pyridine rings is 1. The predicted molar refractivity (Wildman–Crippen MR) is 78.1 cm³/mol. The van der Waals surface area contributed by atoms with Crippen LogP contribution < -0.4 is 4.90 Å². The van der Waals surface area contributed by atoms with Crippen LogP contribution in [0.3, 0.4) is 0 Å². The summed E-state index contributed by atoms with van der Waals surface area (Å²) >= 11 is 0. The number of ketones is 1. The molecule has 0 amide bonds. The molecular formula is C16H18N2O. The van der Waals surface area contributed by atoms with Gasteiger partial charge in [0, 0.05) is 24.0 Å². The molecule has 0 saturated carbocycles. The van der Waals surface area contributed by atoms with E-state index in [1.54, 1.807) is 13.1 Å². The Hall–Kier alpha value is -2.16. The van der Waals surface area contributed by atoms with Gasteiger partial charge < -0.3 is 4.90 Å². The summed E-state index contributed by atoms with van der Waals surface area (Å²) in [4.78, 5) is 17.8. The largest absolute Gasteiger partial charge is 0.327 e. The molecule has 1 heterocycles. The summed E-state index contributed by atoms with van der Waals surface area (Å²) in [5.74, 6) is 0.899. The number of Topliss-reactive ketones (excluding diaryl/α,β-unsaturated/α-hetero) is 1. The number of rotatable bonds is 4. The maximum Gasteiger partial charge on any atom is 0.161 e. The highest BCUT2D eigenvalue weighted by molar-refractivity contribution is 5.93. The van der Waals surface area contributed by atoms with Crippen molar-refractivity contribution in [1.82, 2.24) is 4.98 Å². The summed E-state index contributed by atoms with van der Waals surface area (Å²) in [5, 5.41) is 0. The van der Waals surface area contributed by atoms with E-state index in [4.69, 9.17) is 0 Å². The molecule has 1 aromatic heterocycles. The number of nitrogens with zero attached hydrogens (tertiary/aromatic N) is 2. The van der Waals surface area contributed by atoms with Gasteiger partial charge >= 0.3 is 0 Å². The summed E-state index contributed by atoms with van der Waals surface area (Å²) in [5.41, 5.74) is 2.98. The van der Waals surface area contributed by atoms with Crippen LogP contribution in [0, 0.1) is 6.92 Å². The van der Waals surface area contributed by atoms with Crippen molar-refractivity contribution in [3.63, 3.8) is 0 Å². The third kappa shape index (κ3) is 2.99. The standard InChI is InChI=1S/C16H18N2O/c1-4-18(15-7-5-6-12(2)10-15)16-9-8-14(11-17-16)13(3)19/h5-11H,4H2,1-3H3. The Morgan fingerprint density at radius 3 is 2.58 bits per heavy atom. The maximum atomic E-state index is 11.3. The molecule has 98 valence electrons. The minimum absolute atomic E-state index is 0.0395. The molecule has 0 radical (unpaired) electrons. The SMILES string of the molecule is CCN(c1cccc(C)c1)c1ccc(C(C)=O)cn1. The zero-order chi connectivity index (χ0) is 13.8. The van der Waals surface area contributed by atoms with Gasteiger partial charge in [-0.1, -0.05) is 12.1 Å². The van der Waals surface area contributed by atoms with Gasteiger partial charge in [-0.15, -0.1) is 0 Å². The van der Waals surface area contributed by atoms with E-state index in [1.165, 1.54) is 5.56 Å². The molecule has 0 atom stereocenters. The minimum atomic E-state index is 0.0395. The molecule has 3 heteroatoms. The lowest BCUT2D eigenvalue weighted by Crippen LogP contribution is -2.17. The number of hydrogen-bond donors (Lipinski definition) is 0. The van der Waals surface area contributed by atoms with Crippen molar-refractivity contribution in [1.29, 1.82) is 0 Å². The van der Waals surface area contributed by atoms with Gasteiger partial charge in [0.05, 0.1) is 0 Å². The van der Waals surface area contributed by atoms with Gasteiger partial charge in [-0.3, -0.25) is 4.79 Å². The summed E-state index contributed by atoms with van der Waals surface area (Å²) in [6, 6.07) is 12.0. The topological polar surface area (TPSA) is 33.2 Å². The monoisotopic (exact) mass is 254 g/mol. The molecular weight excluding hydrogens is 236 g/mol. The molecule has 0 spiro atoms. The van der Waals surface area contributed by atoms with Gasteiger partial charge in [-0.05, 0) is 50.6 Å². The van der Waals surface area contributed by atoms with Crippen LogP contribution in [0.4, 0.5) is 11.5 Å². The van der Waals surface area contributed by atoms with Crippen LogP contribution in [0.25, 0.3) is 0 Å². The average molecular weight is 254 g/mol. The summed E-state index contributed by atoms with van der Waals surface area (Å²) in [6.45, 7) is 6.54.